The van der Waals surface area contributed by atoms with Gasteiger partial charge in [-0.25, -0.2) is 13.1 Å². The Morgan fingerprint density at radius 1 is 0.875 bits per heavy atom. The molecular weight excluding hydrogens is 524 g/mol. The fourth-order valence-electron chi connectivity index (χ4n) is 6.02. The summed E-state index contributed by atoms with van der Waals surface area (Å²) in [7, 11) is -3.84. The molecule has 0 spiro atoms. The van der Waals surface area contributed by atoms with E-state index in [1.54, 1.807) is 30.3 Å². The SMILES string of the molecule is Cc1ccccc1C(=O)Nc1ccc(S(=O)(=O)NC2CCN(C(=O)[C@@H]3CCCN3C(C)C)CC2)c2ccccc12. The predicted molar refractivity (Wildman–Crippen MR) is 158 cm³/mol. The Labute approximate surface area is 236 Å². The average Bonchev–Trinajstić information content (AvgIpc) is 3.44. The Bertz CT molecular complexity index is 1510. The molecule has 3 aromatic carbocycles. The molecule has 0 bridgehead atoms. The second-order valence-electron chi connectivity index (χ2n) is 11.1. The van der Waals surface area contributed by atoms with Crippen LogP contribution in [0.2, 0.25) is 0 Å². The van der Waals surface area contributed by atoms with Gasteiger partial charge in [0.05, 0.1) is 10.9 Å². The van der Waals surface area contributed by atoms with Gasteiger partial charge in [0.15, 0.2) is 0 Å². The Kier molecular flexibility index (Phi) is 8.26. The molecule has 5 rings (SSSR count). The number of aryl methyl sites for hydroxylation is 1. The lowest BCUT2D eigenvalue weighted by molar-refractivity contribution is -0.137. The summed E-state index contributed by atoms with van der Waals surface area (Å²) in [4.78, 5) is 30.5. The van der Waals surface area contributed by atoms with E-state index < -0.39 is 10.0 Å². The monoisotopic (exact) mass is 562 g/mol. The number of hydrogen-bond donors (Lipinski definition) is 2. The molecule has 0 unspecified atom stereocenters. The van der Waals surface area contributed by atoms with Crippen LogP contribution in [0.5, 0.6) is 0 Å². The molecular formula is C31H38N4O4S. The van der Waals surface area contributed by atoms with Gasteiger partial charge in [-0.15, -0.1) is 0 Å². The second kappa shape index (κ2) is 11.7. The molecule has 2 heterocycles. The Morgan fingerprint density at radius 3 is 2.25 bits per heavy atom. The number of anilines is 1. The largest absolute Gasteiger partial charge is 0.341 e. The van der Waals surface area contributed by atoms with Gasteiger partial charge in [0.25, 0.3) is 5.91 Å². The van der Waals surface area contributed by atoms with Crippen LogP contribution in [-0.2, 0) is 14.8 Å². The van der Waals surface area contributed by atoms with Crippen LogP contribution in [0.25, 0.3) is 10.8 Å². The third-order valence-corrected chi connectivity index (χ3v) is 9.76. The number of nitrogens with one attached hydrogen (secondary N) is 2. The van der Waals surface area contributed by atoms with Crippen LogP contribution in [0.4, 0.5) is 5.69 Å². The zero-order chi connectivity index (χ0) is 28.4. The summed E-state index contributed by atoms with van der Waals surface area (Å²) in [5.74, 6) is -0.0748. The fraction of sp³-hybridized carbons (Fsp3) is 0.419. The van der Waals surface area contributed by atoms with Gasteiger partial charge in [0.1, 0.15) is 0 Å². The van der Waals surface area contributed by atoms with Crippen molar-refractivity contribution in [2.24, 2.45) is 0 Å². The smallest absolute Gasteiger partial charge is 0.255 e. The van der Waals surface area contributed by atoms with Crippen LogP contribution in [0.1, 0.15) is 55.5 Å². The van der Waals surface area contributed by atoms with E-state index >= 15 is 0 Å². The summed E-state index contributed by atoms with van der Waals surface area (Å²) >= 11 is 0. The highest BCUT2D eigenvalue weighted by Gasteiger charge is 2.36. The maximum Gasteiger partial charge on any atom is 0.255 e. The molecule has 2 aliphatic rings. The number of carbonyl (C=O) groups excluding carboxylic acids is 2. The van der Waals surface area contributed by atoms with Crippen molar-refractivity contribution in [2.75, 3.05) is 25.0 Å². The maximum atomic E-state index is 13.6. The van der Waals surface area contributed by atoms with Crippen LogP contribution >= 0.6 is 0 Å². The molecule has 2 aliphatic heterocycles. The predicted octanol–water partition coefficient (Wildman–Crippen LogP) is 4.54. The molecule has 0 aliphatic carbocycles. The Morgan fingerprint density at radius 2 is 1.55 bits per heavy atom. The van der Waals surface area contributed by atoms with Gasteiger partial charge in [0, 0.05) is 47.2 Å². The first-order valence-corrected chi connectivity index (χ1v) is 15.6. The lowest BCUT2D eigenvalue weighted by atomic mass is 10.0. The molecule has 3 aromatic rings. The van der Waals surface area contributed by atoms with E-state index in [2.05, 4.69) is 28.8 Å². The highest BCUT2D eigenvalue weighted by molar-refractivity contribution is 7.89. The van der Waals surface area contributed by atoms with E-state index in [1.165, 1.54) is 0 Å². The number of benzene rings is 3. The van der Waals surface area contributed by atoms with Crippen LogP contribution in [0.3, 0.4) is 0 Å². The number of amides is 2. The number of fused-ring (bicyclic) bond motifs is 1. The van der Waals surface area contributed by atoms with Crippen molar-refractivity contribution in [3.8, 4) is 0 Å². The number of piperidine rings is 1. The van der Waals surface area contributed by atoms with Crippen molar-refractivity contribution < 1.29 is 18.0 Å². The summed E-state index contributed by atoms with van der Waals surface area (Å²) in [6.45, 7) is 8.16. The molecule has 212 valence electrons. The van der Waals surface area contributed by atoms with Gasteiger partial charge in [-0.3, -0.25) is 14.5 Å². The first-order valence-electron chi connectivity index (χ1n) is 14.1. The molecule has 40 heavy (non-hydrogen) atoms. The van der Waals surface area contributed by atoms with Crippen LogP contribution in [0.15, 0.2) is 65.6 Å². The standard InChI is InChI=1S/C31H38N4O4S/c1-21(2)35-18-8-13-28(35)31(37)34-19-16-23(17-20-34)33-40(38,39)29-15-14-27(25-11-6-7-12-26(25)29)32-30(36)24-10-5-4-9-22(24)3/h4-7,9-12,14-15,21,23,28,33H,8,13,16-20H2,1-3H3,(H,32,36)/t28-/m0/s1. The highest BCUT2D eigenvalue weighted by atomic mass is 32.2. The molecule has 0 aromatic heterocycles. The lowest BCUT2D eigenvalue weighted by Crippen LogP contribution is -2.52. The average molecular weight is 563 g/mol. The number of nitrogens with zero attached hydrogens (tertiary/aromatic N) is 2. The van der Waals surface area contributed by atoms with Gasteiger partial charge in [-0.05, 0) is 76.8 Å². The van der Waals surface area contributed by atoms with Gasteiger partial charge >= 0.3 is 0 Å². The topological polar surface area (TPSA) is 98.8 Å². The summed E-state index contributed by atoms with van der Waals surface area (Å²) in [6.07, 6.45) is 3.06. The van der Waals surface area contributed by atoms with Crippen molar-refractivity contribution in [1.29, 1.82) is 0 Å². The van der Waals surface area contributed by atoms with Crippen molar-refractivity contribution in [3.05, 3.63) is 71.8 Å². The van der Waals surface area contributed by atoms with Crippen molar-refractivity contribution in [1.82, 2.24) is 14.5 Å². The third kappa shape index (κ3) is 5.77. The highest BCUT2D eigenvalue weighted by Crippen LogP contribution is 2.31. The van der Waals surface area contributed by atoms with Crippen molar-refractivity contribution in [2.45, 2.75) is 69.5 Å². The molecule has 8 nitrogen and oxygen atoms in total. The molecule has 0 saturated carbocycles. The lowest BCUT2D eigenvalue weighted by Gasteiger charge is -2.36. The van der Waals surface area contributed by atoms with Crippen molar-refractivity contribution >= 4 is 38.3 Å². The van der Waals surface area contributed by atoms with E-state index in [0.717, 1.165) is 24.9 Å². The van der Waals surface area contributed by atoms with E-state index in [-0.39, 0.29) is 28.8 Å². The van der Waals surface area contributed by atoms with Crippen LogP contribution in [0, 0.1) is 6.92 Å². The number of rotatable bonds is 7. The summed E-state index contributed by atoms with van der Waals surface area (Å²) in [6, 6.07) is 17.8. The molecule has 2 saturated heterocycles. The third-order valence-electron chi connectivity index (χ3n) is 8.18. The first kappa shape index (κ1) is 28.3. The minimum absolute atomic E-state index is 0.0654. The minimum atomic E-state index is -3.84. The molecule has 2 fully saturated rings. The van der Waals surface area contributed by atoms with E-state index in [9.17, 15) is 18.0 Å². The fourth-order valence-corrected chi connectivity index (χ4v) is 7.53. The number of carbonyl (C=O) groups is 2. The van der Waals surface area contributed by atoms with Gasteiger partial charge in [0.2, 0.25) is 15.9 Å². The zero-order valence-corrected chi connectivity index (χ0v) is 24.2. The summed E-state index contributed by atoms with van der Waals surface area (Å²) in [5.41, 5.74) is 1.98. The molecule has 1 atom stereocenters. The molecule has 2 amide bonds. The first-order chi connectivity index (χ1) is 19.2. The summed E-state index contributed by atoms with van der Waals surface area (Å²) in [5, 5.41) is 4.15. The van der Waals surface area contributed by atoms with Gasteiger partial charge in [-0.1, -0.05) is 42.5 Å². The maximum absolute atomic E-state index is 13.6. The number of hydrogen-bond acceptors (Lipinski definition) is 5. The van der Waals surface area contributed by atoms with E-state index in [1.807, 2.05) is 42.2 Å². The van der Waals surface area contributed by atoms with E-state index in [0.29, 0.717) is 54.0 Å². The number of sulfonamides is 1. The Hall–Kier alpha value is -3.27. The summed E-state index contributed by atoms with van der Waals surface area (Å²) < 4.78 is 30.0. The van der Waals surface area contributed by atoms with Gasteiger partial charge < -0.3 is 10.2 Å². The molecule has 0 radical (unpaired) electrons. The molecule has 2 N–H and O–H groups in total. The van der Waals surface area contributed by atoms with Gasteiger partial charge in [-0.2, -0.15) is 0 Å². The van der Waals surface area contributed by atoms with Crippen LogP contribution in [-0.4, -0.2) is 67.8 Å². The second-order valence-corrected chi connectivity index (χ2v) is 12.8. The zero-order valence-electron chi connectivity index (χ0n) is 23.4. The Balaban J connectivity index is 1.29. The molecule has 9 heteroatoms. The minimum Gasteiger partial charge on any atom is -0.341 e. The normalized spacial score (nSPS) is 18.9. The quantitative estimate of drug-likeness (QED) is 0.441. The number of likely N-dealkylation sites (tertiary alicyclic amines) is 2. The van der Waals surface area contributed by atoms with E-state index in [4.69, 9.17) is 0 Å². The van der Waals surface area contributed by atoms with Crippen LogP contribution < -0.4 is 10.0 Å². The van der Waals surface area contributed by atoms with Crippen molar-refractivity contribution in [3.63, 3.8) is 0 Å².